The number of carbonyl (C=O) groups excluding carboxylic acids is 1. The smallest absolute Gasteiger partial charge is 0.296 e. The van der Waals surface area contributed by atoms with Gasteiger partial charge in [-0.3, -0.25) is 14.6 Å². The fourth-order valence-electron chi connectivity index (χ4n) is 3.02. The number of fused-ring (bicyclic) bond motifs is 3. The van der Waals surface area contributed by atoms with Gasteiger partial charge in [-0.2, -0.15) is 9.78 Å². The molecule has 1 amide bonds. The molecule has 0 bridgehead atoms. The van der Waals surface area contributed by atoms with Crippen molar-refractivity contribution >= 4 is 27.7 Å². The Hall–Kier alpha value is -3.55. The molecule has 3 heterocycles. The van der Waals surface area contributed by atoms with E-state index in [1.165, 1.54) is 29.0 Å². The molecule has 1 aromatic carbocycles. The van der Waals surface area contributed by atoms with Gasteiger partial charge in [-0.1, -0.05) is 0 Å². The predicted octanol–water partition coefficient (Wildman–Crippen LogP) is 1.51. The third kappa shape index (κ3) is 2.11. The number of halogens is 1. The van der Waals surface area contributed by atoms with E-state index >= 15 is 0 Å². The lowest BCUT2D eigenvalue weighted by molar-refractivity contribution is 0.0996. The lowest BCUT2D eigenvalue weighted by Crippen LogP contribution is -2.27. The number of primary amides is 1. The molecule has 0 saturated heterocycles. The van der Waals surface area contributed by atoms with E-state index in [2.05, 4.69) is 10.1 Å². The highest BCUT2D eigenvalue weighted by Crippen LogP contribution is 2.28. The number of rotatable bonds is 2. The molecule has 7 nitrogen and oxygen atoms in total. The first-order chi connectivity index (χ1) is 12.0. The average Bonchev–Trinajstić information content (AvgIpc) is 2.89. The van der Waals surface area contributed by atoms with E-state index < -0.39 is 17.3 Å². The molecule has 0 radical (unpaired) electrons. The largest absolute Gasteiger partial charge is 0.364 e. The quantitative estimate of drug-likeness (QED) is 0.600. The topological polar surface area (TPSA) is 95.8 Å². The number of hydrogen-bond donors (Lipinski definition) is 1. The number of aromatic nitrogens is 4. The van der Waals surface area contributed by atoms with E-state index in [0.29, 0.717) is 22.0 Å². The highest BCUT2D eigenvalue weighted by Gasteiger charge is 2.22. The van der Waals surface area contributed by atoms with Crippen LogP contribution in [0.2, 0.25) is 0 Å². The molecule has 0 aliphatic rings. The first-order valence-electron chi connectivity index (χ1n) is 7.40. The van der Waals surface area contributed by atoms with Crippen LogP contribution in [0.3, 0.4) is 0 Å². The Kier molecular flexibility index (Phi) is 3.14. The van der Waals surface area contributed by atoms with Gasteiger partial charge in [0.05, 0.1) is 17.4 Å². The van der Waals surface area contributed by atoms with Crippen LogP contribution in [0.15, 0.2) is 47.5 Å². The summed E-state index contributed by atoms with van der Waals surface area (Å²) in [7, 11) is 1.63. The Morgan fingerprint density at radius 1 is 1.28 bits per heavy atom. The van der Waals surface area contributed by atoms with Crippen molar-refractivity contribution < 1.29 is 9.18 Å². The van der Waals surface area contributed by atoms with E-state index in [-0.39, 0.29) is 11.2 Å². The third-order valence-corrected chi connectivity index (χ3v) is 4.12. The second-order valence-electron chi connectivity index (χ2n) is 5.59. The van der Waals surface area contributed by atoms with E-state index in [9.17, 15) is 14.0 Å². The highest BCUT2D eigenvalue weighted by molar-refractivity contribution is 6.16. The van der Waals surface area contributed by atoms with Gasteiger partial charge in [-0.05, 0) is 30.3 Å². The second-order valence-corrected chi connectivity index (χ2v) is 5.59. The SMILES string of the molecule is Cn1c2cc(F)ccc2c2c(C(N)=O)nn(-c3cccnc3)c(=O)c21. The zero-order valence-electron chi connectivity index (χ0n) is 13.1. The zero-order chi connectivity index (χ0) is 17.7. The number of carbonyl (C=O) groups is 1. The van der Waals surface area contributed by atoms with Crippen LogP contribution in [0, 0.1) is 5.82 Å². The molecular weight excluding hydrogens is 325 g/mol. The summed E-state index contributed by atoms with van der Waals surface area (Å²) in [6.45, 7) is 0. The number of pyridine rings is 1. The van der Waals surface area contributed by atoms with Crippen molar-refractivity contribution in [3.63, 3.8) is 0 Å². The van der Waals surface area contributed by atoms with Crippen molar-refractivity contribution in [2.45, 2.75) is 0 Å². The molecule has 0 unspecified atom stereocenters. The Labute approximate surface area is 140 Å². The van der Waals surface area contributed by atoms with Crippen LogP contribution in [0.1, 0.15) is 10.5 Å². The van der Waals surface area contributed by atoms with Crippen molar-refractivity contribution in [1.29, 1.82) is 0 Å². The number of hydrogen-bond acceptors (Lipinski definition) is 4. The standard InChI is InChI=1S/C17H12FN5O2/c1-22-12-7-9(18)4-5-11(12)13-14(16(19)24)21-23(17(25)15(13)22)10-3-2-6-20-8-10/h2-8H,1H3,(H2,19,24). The van der Waals surface area contributed by atoms with E-state index in [0.717, 1.165) is 4.68 Å². The Morgan fingerprint density at radius 2 is 2.08 bits per heavy atom. The summed E-state index contributed by atoms with van der Waals surface area (Å²) < 4.78 is 16.2. The molecule has 0 fully saturated rings. The molecule has 0 aliphatic heterocycles. The fourth-order valence-corrected chi connectivity index (χ4v) is 3.02. The molecule has 0 spiro atoms. The summed E-state index contributed by atoms with van der Waals surface area (Å²) in [4.78, 5) is 28.9. The minimum Gasteiger partial charge on any atom is -0.364 e. The van der Waals surface area contributed by atoms with Crippen LogP contribution in [0.5, 0.6) is 0 Å². The van der Waals surface area contributed by atoms with Crippen LogP contribution < -0.4 is 11.3 Å². The summed E-state index contributed by atoms with van der Waals surface area (Å²) in [6.07, 6.45) is 3.01. The monoisotopic (exact) mass is 337 g/mol. The van der Waals surface area contributed by atoms with E-state index in [4.69, 9.17) is 5.73 Å². The van der Waals surface area contributed by atoms with E-state index in [1.807, 2.05) is 0 Å². The number of amides is 1. The molecule has 4 rings (SSSR count). The molecule has 0 atom stereocenters. The van der Waals surface area contributed by atoms with E-state index in [1.54, 1.807) is 25.4 Å². The van der Waals surface area contributed by atoms with Crippen molar-refractivity contribution in [1.82, 2.24) is 19.3 Å². The minimum atomic E-state index is -0.778. The Balaban J connectivity index is 2.25. The summed E-state index contributed by atoms with van der Waals surface area (Å²) in [6, 6.07) is 7.36. The van der Waals surface area contributed by atoms with Crippen molar-refractivity contribution in [3.05, 3.63) is 64.6 Å². The lowest BCUT2D eigenvalue weighted by Gasteiger charge is -2.07. The summed E-state index contributed by atoms with van der Waals surface area (Å²) in [5, 5.41) is 4.99. The summed E-state index contributed by atoms with van der Waals surface area (Å²) in [5.74, 6) is -1.22. The van der Waals surface area contributed by atoms with Crippen molar-refractivity contribution in [3.8, 4) is 5.69 Å². The number of benzene rings is 1. The van der Waals surface area contributed by atoms with Gasteiger partial charge in [0.25, 0.3) is 11.5 Å². The van der Waals surface area contributed by atoms with Gasteiger partial charge < -0.3 is 10.3 Å². The molecule has 25 heavy (non-hydrogen) atoms. The maximum atomic E-state index is 13.6. The first kappa shape index (κ1) is 15.0. The number of nitrogens with zero attached hydrogens (tertiary/aromatic N) is 4. The molecule has 4 aromatic rings. The van der Waals surface area contributed by atoms with Crippen LogP contribution in [0.25, 0.3) is 27.5 Å². The van der Waals surface area contributed by atoms with Gasteiger partial charge in [0, 0.05) is 24.0 Å². The minimum absolute atomic E-state index is 0.0596. The molecule has 8 heteroatoms. The van der Waals surface area contributed by atoms with Crippen LogP contribution in [-0.4, -0.2) is 25.2 Å². The molecule has 0 aliphatic carbocycles. The molecule has 124 valence electrons. The summed E-state index contributed by atoms with van der Waals surface area (Å²) >= 11 is 0. The Bertz CT molecular complexity index is 1210. The maximum Gasteiger partial charge on any atom is 0.296 e. The number of aryl methyl sites for hydroxylation is 1. The zero-order valence-corrected chi connectivity index (χ0v) is 13.1. The van der Waals surface area contributed by atoms with Crippen LogP contribution in [0.4, 0.5) is 4.39 Å². The van der Waals surface area contributed by atoms with Crippen LogP contribution >= 0.6 is 0 Å². The molecule has 2 N–H and O–H groups in total. The van der Waals surface area contributed by atoms with Gasteiger partial charge in [-0.15, -0.1) is 0 Å². The molecular formula is C17H12FN5O2. The van der Waals surface area contributed by atoms with Gasteiger partial charge in [0.2, 0.25) is 0 Å². The average molecular weight is 337 g/mol. The normalized spacial score (nSPS) is 11.3. The van der Waals surface area contributed by atoms with Gasteiger partial charge >= 0.3 is 0 Å². The predicted molar refractivity (Wildman–Crippen MR) is 90.1 cm³/mol. The summed E-state index contributed by atoms with van der Waals surface area (Å²) in [5.41, 5.74) is 6.07. The van der Waals surface area contributed by atoms with Gasteiger partial charge in [0.1, 0.15) is 11.3 Å². The molecule has 0 saturated carbocycles. The highest BCUT2D eigenvalue weighted by atomic mass is 19.1. The van der Waals surface area contributed by atoms with Crippen LogP contribution in [-0.2, 0) is 7.05 Å². The van der Waals surface area contributed by atoms with Crippen molar-refractivity contribution in [2.75, 3.05) is 0 Å². The van der Waals surface area contributed by atoms with Gasteiger partial charge in [-0.25, -0.2) is 4.39 Å². The lowest BCUT2D eigenvalue weighted by atomic mass is 10.1. The third-order valence-electron chi connectivity index (χ3n) is 4.12. The fraction of sp³-hybridized carbons (Fsp3) is 0.0588. The second kappa shape index (κ2) is 5.23. The molecule has 3 aromatic heterocycles. The Morgan fingerprint density at radius 3 is 2.76 bits per heavy atom. The number of nitrogens with two attached hydrogens (primary N) is 1. The van der Waals surface area contributed by atoms with Gasteiger partial charge in [0.15, 0.2) is 5.69 Å². The maximum absolute atomic E-state index is 13.6. The van der Waals surface area contributed by atoms with Crippen molar-refractivity contribution in [2.24, 2.45) is 12.8 Å². The first-order valence-corrected chi connectivity index (χ1v) is 7.40.